The summed E-state index contributed by atoms with van der Waals surface area (Å²) in [5.41, 5.74) is 4.96. The van der Waals surface area contributed by atoms with Crippen LogP contribution < -0.4 is 10.2 Å². The molecular formula is C24H25ClN4O. The maximum atomic E-state index is 12.7. The predicted molar refractivity (Wildman–Crippen MR) is 122 cm³/mol. The van der Waals surface area contributed by atoms with E-state index >= 15 is 0 Å². The number of aryl methyl sites for hydroxylation is 2. The lowest BCUT2D eigenvalue weighted by atomic mass is 9.95. The summed E-state index contributed by atoms with van der Waals surface area (Å²) in [6, 6.07) is 16.0. The smallest absolute Gasteiger partial charge is 0.227 e. The van der Waals surface area contributed by atoms with Crippen molar-refractivity contribution in [3.8, 4) is 11.3 Å². The Kier molecular flexibility index (Phi) is 6.00. The minimum Gasteiger partial charge on any atom is -0.356 e. The fraction of sp³-hybridized carbons (Fsp3) is 0.292. The minimum absolute atomic E-state index is 0.0141. The molecule has 1 aliphatic rings. The standard InChI is InChI=1S/C24H25ClN4O/c1-16-3-6-18(7-4-16)22-14-23(27-15-26-22)29-11-9-19(10-12-29)24(30)28-20-8-5-17(2)21(25)13-20/h3-8,13-15,19H,9-12H2,1-2H3,(H,28,30). The van der Waals surface area contributed by atoms with E-state index in [-0.39, 0.29) is 11.8 Å². The summed E-state index contributed by atoms with van der Waals surface area (Å²) in [6.07, 6.45) is 3.19. The van der Waals surface area contributed by atoms with Crippen LogP contribution in [0.4, 0.5) is 11.5 Å². The first kappa shape index (κ1) is 20.4. The molecule has 2 heterocycles. The Morgan fingerprint density at radius 2 is 1.77 bits per heavy atom. The maximum absolute atomic E-state index is 12.7. The van der Waals surface area contributed by atoms with Crippen LogP contribution in [0, 0.1) is 19.8 Å². The van der Waals surface area contributed by atoms with Crippen molar-refractivity contribution in [2.75, 3.05) is 23.3 Å². The van der Waals surface area contributed by atoms with Crippen molar-refractivity contribution in [3.05, 3.63) is 71.0 Å². The number of carbonyl (C=O) groups excluding carboxylic acids is 1. The van der Waals surface area contributed by atoms with E-state index in [1.807, 2.05) is 25.1 Å². The molecule has 1 aromatic heterocycles. The molecule has 154 valence electrons. The van der Waals surface area contributed by atoms with Crippen LogP contribution in [-0.4, -0.2) is 29.0 Å². The molecule has 1 saturated heterocycles. The van der Waals surface area contributed by atoms with Crippen molar-refractivity contribution in [3.63, 3.8) is 0 Å². The van der Waals surface area contributed by atoms with E-state index in [0.29, 0.717) is 5.02 Å². The molecule has 5 nitrogen and oxygen atoms in total. The molecule has 0 atom stereocenters. The van der Waals surface area contributed by atoms with Gasteiger partial charge in [0.15, 0.2) is 0 Å². The van der Waals surface area contributed by atoms with Crippen LogP contribution in [-0.2, 0) is 4.79 Å². The second-order valence-electron chi connectivity index (χ2n) is 7.84. The summed E-state index contributed by atoms with van der Waals surface area (Å²) in [6.45, 7) is 5.60. The van der Waals surface area contributed by atoms with Crippen molar-refractivity contribution in [2.45, 2.75) is 26.7 Å². The Labute approximate surface area is 182 Å². The second-order valence-corrected chi connectivity index (χ2v) is 8.25. The highest BCUT2D eigenvalue weighted by Crippen LogP contribution is 2.27. The van der Waals surface area contributed by atoms with Crippen molar-refractivity contribution >= 4 is 29.0 Å². The lowest BCUT2D eigenvalue weighted by Gasteiger charge is -2.32. The number of nitrogens with one attached hydrogen (secondary N) is 1. The second kappa shape index (κ2) is 8.84. The summed E-state index contributed by atoms with van der Waals surface area (Å²) >= 11 is 6.16. The van der Waals surface area contributed by atoms with Gasteiger partial charge in [-0.15, -0.1) is 0 Å². The molecule has 30 heavy (non-hydrogen) atoms. The number of rotatable bonds is 4. The first-order chi connectivity index (χ1) is 14.5. The lowest BCUT2D eigenvalue weighted by molar-refractivity contribution is -0.120. The summed E-state index contributed by atoms with van der Waals surface area (Å²) in [5, 5.41) is 3.66. The molecule has 1 fully saturated rings. The largest absolute Gasteiger partial charge is 0.356 e. The third-order valence-electron chi connectivity index (χ3n) is 5.63. The van der Waals surface area contributed by atoms with Gasteiger partial charge < -0.3 is 10.2 Å². The Hall–Kier alpha value is -2.92. The van der Waals surface area contributed by atoms with Crippen molar-refractivity contribution in [1.82, 2.24) is 9.97 Å². The molecule has 0 aliphatic carbocycles. The molecule has 0 saturated carbocycles. The van der Waals surface area contributed by atoms with E-state index in [9.17, 15) is 4.79 Å². The Balaban J connectivity index is 1.38. The van der Waals surface area contributed by atoms with E-state index in [0.717, 1.165) is 54.3 Å². The highest BCUT2D eigenvalue weighted by molar-refractivity contribution is 6.31. The first-order valence-corrected chi connectivity index (χ1v) is 10.6. The van der Waals surface area contributed by atoms with Gasteiger partial charge in [-0.3, -0.25) is 4.79 Å². The highest BCUT2D eigenvalue weighted by Gasteiger charge is 2.26. The number of hydrogen-bond acceptors (Lipinski definition) is 4. The highest BCUT2D eigenvalue weighted by atomic mass is 35.5. The zero-order valence-corrected chi connectivity index (χ0v) is 18.0. The van der Waals surface area contributed by atoms with Gasteiger partial charge in [0, 0.05) is 41.3 Å². The number of carbonyl (C=O) groups is 1. The topological polar surface area (TPSA) is 58.1 Å². The van der Waals surface area contributed by atoms with E-state index in [1.165, 1.54) is 5.56 Å². The summed E-state index contributed by atoms with van der Waals surface area (Å²) < 4.78 is 0. The maximum Gasteiger partial charge on any atom is 0.227 e. The quantitative estimate of drug-likeness (QED) is 0.624. The Bertz CT molecular complexity index is 1040. The van der Waals surface area contributed by atoms with Crippen LogP contribution in [0.15, 0.2) is 54.9 Å². The van der Waals surface area contributed by atoms with Crippen molar-refractivity contribution in [2.24, 2.45) is 5.92 Å². The lowest BCUT2D eigenvalue weighted by Crippen LogP contribution is -2.38. The van der Waals surface area contributed by atoms with Gasteiger partial charge >= 0.3 is 0 Å². The number of hydrogen-bond donors (Lipinski definition) is 1. The predicted octanol–water partition coefficient (Wildman–Crippen LogP) is 5.27. The minimum atomic E-state index is -0.0141. The third kappa shape index (κ3) is 4.62. The molecule has 6 heteroatoms. The van der Waals surface area contributed by atoms with Crippen LogP contribution >= 0.6 is 11.6 Å². The summed E-state index contributed by atoms with van der Waals surface area (Å²) in [5.74, 6) is 0.946. The van der Waals surface area contributed by atoms with Gasteiger partial charge in [0.25, 0.3) is 0 Å². The zero-order valence-electron chi connectivity index (χ0n) is 17.2. The fourth-order valence-electron chi connectivity index (χ4n) is 3.69. The van der Waals surface area contributed by atoms with Crippen LogP contribution in [0.1, 0.15) is 24.0 Å². The van der Waals surface area contributed by atoms with Crippen molar-refractivity contribution in [1.29, 1.82) is 0 Å². The van der Waals surface area contributed by atoms with Gasteiger partial charge in [0.05, 0.1) is 5.69 Å². The van der Waals surface area contributed by atoms with Gasteiger partial charge in [-0.25, -0.2) is 9.97 Å². The SMILES string of the molecule is Cc1ccc(-c2cc(N3CCC(C(=O)Nc4ccc(C)c(Cl)c4)CC3)ncn2)cc1. The van der Waals surface area contributed by atoms with Crippen molar-refractivity contribution < 1.29 is 4.79 Å². The first-order valence-electron chi connectivity index (χ1n) is 10.2. The monoisotopic (exact) mass is 420 g/mol. The number of aromatic nitrogens is 2. The number of halogens is 1. The van der Waals surface area contributed by atoms with Gasteiger partial charge in [0.2, 0.25) is 5.91 Å². The Morgan fingerprint density at radius 1 is 1.03 bits per heavy atom. The van der Waals surface area contributed by atoms with Crippen LogP contribution in [0.5, 0.6) is 0 Å². The Morgan fingerprint density at radius 3 is 2.47 bits per heavy atom. The van der Waals surface area contributed by atoms with Crippen LogP contribution in [0.2, 0.25) is 5.02 Å². The molecule has 4 rings (SSSR count). The molecule has 0 bridgehead atoms. The number of benzene rings is 2. The number of amides is 1. The van der Waals surface area contributed by atoms with E-state index in [2.05, 4.69) is 51.4 Å². The third-order valence-corrected chi connectivity index (χ3v) is 6.04. The molecule has 0 radical (unpaired) electrons. The summed E-state index contributed by atoms with van der Waals surface area (Å²) in [4.78, 5) is 23.8. The van der Waals surface area contributed by atoms with Gasteiger partial charge in [-0.1, -0.05) is 47.5 Å². The molecule has 0 spiro atoms. The number of anilines is 2. The number of piperidine rings is 1. The van der Waals surface area contributed by atoms with E-state index in [4.69, 9.17) is 11.6 Å². The van der Waals surface area contributed by atoms with E-state index in [1.54, 1.807) is 12.4 Å². The molecule has 2 aromatic carbocycles. The van der Waals surface area contributed by atoms with Gasteiger partial charge in [0.1, 0.15) is 12.1 Å². The number of nitrogens with zero attached hydrogens (tertiary/aromatic N) is 3. The molecule has 1 N–H and O–H groups in total. The fourth-order valence-corrected chi connectivity index (χ4v) is 3.87. The molecule has 1 aliphatic heterocycles. The van der Waals surface area contributed by atoms with Crippen LogP contribution in [0.25, 0.3) is 11.3 Å². The van der Waals surface area contributed by atoms with Gasteiger partial charge in [-0.2, -0.15) is 0 Å². The molecule has 0 unspecified atom stereocenters. The van der Waals surface area contributed by atoms with E-state index < -0.39 is 0 Å². The molecule has 3 aromatic rings. The summed E-state index contributed by atoms with van der Waals surface area (Å²) in [7, 11) is 0. The zero-order chi connectivity index (χ0) is 21.1. The normalized spacial score (nSPS) is 14.6. The average molecular weight is 421 g/mol. The molecule has 1 amide bonds. The van der Waals surface area contributed by atoms with Gasteiger partial charge in [-0.05, 0) is 44.4 Å². The molecular weight excluding hydrogens is 396 g/mol. The van der Waals surface area contributed by atoms with Crippen LogP contribution in [0.3, 0.4) is 0 Å². The average Bonchev–Trinajstić information content (AvgIpc) is 2.77.